The number of guanidine groups is 1. The average Bonchev–Trinajstić information content (AvgIpc) is 2.62. The fourth-order valence-electron chi connectivity index (χ4n) is 2.83. The van der Waals surface area contributed by atoms with Gasteiger partial charge in [-0.1, -0.05) is 42.0 Å². The number of nitrogens with zero attached hydrogens (tertiary/aromatic N) is 2. The number of likely N-dealkylation sites (tertiary alicyclic amines) is 1. The van der Waals surface area contributed by atoms with Gasteiger partial charge in [0.1, 0.15) is 6.61 Å². The molecule has 1 N–H and O–H groups in total. The Kier molecular flexibility index (Phi) is 7.97. The Morgan fingerprint density at radius 3 is 2.54 bits per heavy atom. The molecule has 26 heavy (non-hydrogen) atoms. The molecule has 0 radical (unpaired) electrons. The number of hydrogen-bond acceptors (Lipinski definition) is 2. The molecule has 0 unspecified atom stereocenters. The second-order valence-electron chi connectivity index (χ2n) is 6.20. The largest absolute Gasteiger partial charge is 0.411 e. The van der Waals surface area contributed by atoms with E-state index in [1.165, 1.54) is 11.1 Å². The standard InChI is InChI=1S/C19H26F3N3O/c1-23-18(24-10-5-13-26-15-19(20,21)22)25-11-8-17(9-12-25)14-16-6-3-2-4-7-16/h2-4,6-7,14H,5,8-13,15H2,1H3,(H,23,24). The summed E-state index contributed by atoms with van der Waals surface area (Å²) in [5.41, 5.74) is 2.64. The van der Waals surface area contributed by atoms with Crippen molar-refractivity contribution in [1.29, 1.82) is 0 Å². The fraction of sp³-hybridized carbons (Fsp3) is 0.526. The molecule has 0 spiro atoms. The highest BCUT2D eigenvalue weighted by molar-refractivity contribution is 5.80. The third-order valence-electron chi connectivity index (χ3n) is 4.10. The molecular formula is C19H26F3N3O. The number of rotatable bonds is 6. The average molecular weight is 369 g/mol. The van der Waals surface area contributed by atoms with E-state index in [1.54, 1.807) is 7.05 Å². The van der Waals surface area contributed by atoms with Crippen molar-refractivity contribution in [2.45, 2.75) is 25.4 Å². The SMILES string of the molecule is CN=C(NCCCOCC(F)(F)F)N1CCC(=Cc2ccccc2)CC1. The second-order valence-corrected chi connectivity index (χ2v) is 6.20. The van der Waals surface area contributed by atoms with E-state index in [0.717, 1.165) is 31.9 Å². The van der Waals surface area contributed by atoms with Crippen LogP contribution < -0.4 is 5.32 Å². The van der Waals surface area contributed by atoms with E-state index in [4.69, 9.17) is 0 Å². The molecule has 1 aromatic rings. The lowest BCUT2D eigenvalue weighted by Gasteiger charge is -2.31. The summed E-state index contributed by atoms with van der Waals surface area (Å²) in [6.45, 7) is 1.18. The monoisotopic (exact) mass is 369 g/mol. The number of hydrogen-bond donors (Lipinski definition) is 1. The Balaban J connectivity index is 1.69. The zero-order valence-electron chi connectivity index (χ0n) is 15.1. The van der Waals surface area contributed by atoms with E-state index in [0.29, 0.717) is 13.0 Å². The Bertz CT molecular complexity index is 590. The molecule has 1 aromatic carbocycles. The molecular weight excluding hydrogens is 343 g/mol. The normalized spacial score (nSPS) is 15.9. The van der Waals surface area contributed by atoms with E-state index in [1.807, 2.05) is 18.2 Å². The molecule has 144 valence electrons. The van der Waals surface area contributed by atoms with E-state index in [-0.39, 0.29) is 6.61 Å². The lowest BCUT2D eigenvalue weighted by Crippen LogP contribution is -2.44. The van der Waals surface area contributed by atoms with Crippen LogP contribution in [0.3, 0.4) is 0 Å². The van der Waals surface area contributed by atoms with Gasteiger partial charge < -0.3 is 15.0 Å². The summed E-state index contributed by atoms with van der Waals surface area (Å²) in [7, 11) is 1.72. The van der Waals surface area contributed by atoms with Gasteiger partial charge >= 0.3 is 6.18 Å². The molecule has 7 heteroatoms. The summed E-state index contributed by atoms with van der Waals surface area (Å²) in [6, 6.07) is 10.3. The summed E-state index contributed by atoms with van der Waals surface area (Å²) >= 11 is 0. The first-order valence-electron chi connectivity index (χ1n) is 8.82. The molecule has 0 amide bonds. The third-order valence-corrected chi connectivity index (χ3v) is 4.10. The van der Waals surface area contributed by atoms with Gasteiger partial charge in [0, 0.05) is 33.3 Å². The maximum atomic E-state index is 12.0. The quantitative estimate of drug-likeness (QED) is 0.472. The van der Waals surface area contributed by atoms with Gasteiger partial charge in [0.05, 0.1) is 0 Å². The highest BCUT2D eigenvalue weighted by Gasteiger charge is 2.27. The molecule has 2 rings (SSSR count). The molecule has 1 aliphatic heterocycles. The van der Waals surface area contributed by atoms with Crippen LogP contribution in [0.4, 0.5) is 13.2 Å². The van der Waals surface area contributed by atoms with Crippen LogP contribution in [0, 0.1) is 0 Å². The van der Waals surface area contributed by atoms with Crippen LogP contribution in [-0.2, 0) is 4.74 Å². The predicted molar refractivity (Wildman–Crippen MR) is 98.1 cm³/mol. The van der Waals surface area contributed by atoms with Crippen LogP contribution in [0.5, 0.6) is 0 Å². The van der Waals surface area contributed by atoms with Crippen LogP contribution in [-0.4, -0.2) is 56.9 Å². The van der Waals surface area contributed by atoms with Crippen molar-refractivity contribution in [1.82, 2.24) is 10.2 Å². The molecule has 1 aliphatic rings. The van der Waals surface area contributed by atoms with E-state index >= 15 is 0 Å². The van der Waals surface area contributed by atoms with Gasteiger partial charge in [-0.2, -0.15) is 13.2 Å². The molecule has 0 atom stereocenters. The Morgan fingerprint density at radius 1 is 1.23 bits per heavy atom. The van der Waals surface area contributed by atoms with Crippen molar-refractivity contribution >= 4 is 12.0 Å². The number of benzene rings is 1. The summed E-state index contributed by atoms with van der Waals surface area (Å²) in [5, 5.41) is 3.20. The van der Waals surface area contributed by atoms with Gasteiger partial charge in [-0.15, -0.1) is 0 Å². The van der Waals surface area contributed by atoms with Crippen LogP contribution in [0.25, 0.3) is 6.08 Å². The summed E-state index contributed by atoms with van der Waals surface area (Å²) in [5.74, 6) is 0.791. The minimum atomic E-state index is -4.26. The maximum absolute atomic E-state index is 12.0. The van der Waals surface area contributed by atoms with Crippen molar-refractivity contribution in [3.8, 4) is 0 Å². The smallest absolute Gasteiger partial charge is 0.372 e. The van der Waals surface area contributed by atoms with Gasteiger partial charge in [0.2, 0.25) is 0 Å². The Morgan fingerprint density at radius 2 is 1.92 bits per heavy atom. The molecule has 0 aromatic heterocycles. The first-order valence-corrected chi connectivity index (χ1v) is 8.82. The van der Waals surface area contributed by atoms with Crippen molar-refractivity contribution in [2.75, 3.05) is 39.9 Å². The highest BCUT2D eigenvalue weighted by Crippen LogP contribution is 2.19. The minimum absolute atomic E-state index is 0.0769. The number of halogens is 3. The summed E-state index contributed by atoms with van der Waals surface area (Å²) in [4.78, 5) is 6.45. The molecule has 4 nitrogen and oxygen atoms in total. The third kappa shape index (κ3) is 7.47. The lowest BCUT2D eigenvalue weighted by atomic mass is 10.0. The number of nitrogens with one attached hydrogen (secondary N) is 1. The Labute approximate surface area is 152 Å². The van der Waals surface area contributed by atoms with Crippen LogP contribution in [0.1, 0.15) is 24.8 Å². The van der Waals surface area contributed by atoms with Gasteiger partial charge in [-0.05, 0) is 24.8 Å². The van der Waals surface area contributed by atoms with Gasteiger partial charge in [0.25, 0.3) is 0 Å². The topological polar surface area (TPSA) is 36.9 Å². The van der Waals surface area contributed by atoms with Crippen molar-refractivity contribution in [3.05, 3.63) is 41.5 Å². The molecule has 1 saturated heterocycles. The van der Waals surface area contributed by atoms with Crippen molar-refractivity contribution in [2.24, 2.45) is 4.99 Å². The van der Waals surface area contributed by atoms with Gasteiger partial charge in [-0.25, -0.2) is 0 Å². The summed E-state index contributed by atoms with van der Waals surface area (Å²) < 4.78 is 40.6. The summed E-state index contributed by atoms with van der Waals surface area (Å²) in [6.07, 6.45) is 0.435. The molecule has 0 aliphatic carbocycles. The minimum Gasteiger partial charge on any atom is -0.372 e. The van der Waals surface area contributed by atoms with Gasteiger partial charge in [-0.3, -0.25) is 4.99 Å². The van der Waals surface area contributed by atoms with Gasteiger partial charge in [0.15, 0.2) is 5.96 Å². The zero-order valence-corrected chi connectivity index (χ0v) is 15.1. The lowest BCUT2D eigenvalue weighted by molar-refractivity contribution is -0.173. The van der Waals surface area contributed by atoms with Crippen LogP contribution >= 0.6 is 0 Å². The molecule has 0 saturated carbocycles. The fourth-order valence-corrected chi connectivity index (χ4v) is 2.83. The highest BCUT2D eigenvalue weighted by atomic mass is 19.4. The molecule has 0 bridgehead atoms. The first-order chi connectivity index (χ1) is 12.5. The predicted octanol–water partition coefficient (Wildman–Crippen LogP) is 3.71. The first kappa shape index (κ1) is 20.3. The second kappa shape index (κ2) is 10.2. The number of piperidine rings is 1. The number of aliphatic imine (C=N–C) groups is 1. The molecule has 1 heterocycles. The Hall–Kier alpha value is -2.02. The maximum Gasteiger partial charge on any atom is 0.411 e. The zero-order chi connectivity index (χ0) is 18.8. The van der Waals surface area contributed by atoms with E-state index in [2.05, 4.69) is 38.2 Å². The van der Waals surface area contributed by atoms with Crippen molar-refractivity contribution in [3.63, 3.8) is 0 Å². The number of alkyl halides is 3. The van der Waals surface area contributed by atoms with E-state index in [9.17, 15) is 13.2 Å². The number of ether oxygens (including phenoxy) is 1. The van der Waals surface area contributed by atoms with Crippen molar-refractivity contribution < 1.29 is 17.9 Å². The van der Waals surface area contributed by atoms with Crippen LogP contribution in [0.15, 0.2) is 40.9 Å². The molecule has 1 fully saturated rings. The van der Waals surface area contributed by atoms with Crippen LogP contribution in [0.2, 0.25) is 0 Å². The van der Waals surface area contributed by atoms with E-state index < -0.39 is 12.8 Å².